The van der Waals surface area contributed by atoms with Gasteiger partial charge in [-0.1, -0.05) is 50.3 Å². The minimum absolute atomic E-state index is 0.119. The highest BCUT2D eigenvalue weighted by atomic mass is 19.2. The maximum absolute atomic E-state index is 14.1. The number of aromatic nitrogens is 9. The number of hydrogen-bond donors (Lipinski definition) is 1. The van der Waals surface area contributed by atoms with Gasteiger partial charge in [0.1, 0.15) is 70.6 Å². The average Bonchev–Trinajstić information content (AvgIpc) is 1.59. The van der Waals surface area contributed by atoms with Gasteiger partial charge in [0.05, 0.1) is 51.8 Å². The van der Waals surface area contributed by atoms with Crippen LogP contribution in [-0.4, -0.2) is 199 Å². The normalized spacial score (nSPS) is 16.7. The molecule has 3 aromatic carbocycles. The Balaban J connectivity index is 0.000000132. The Bertz CT molecular complexity index is 5570. The number of benzene rings is 3. The summed E-state index contributed by atoms with van der Waals surface area (Å²) in [6.07, 6.45) is 26.1. The molecule has 15 heterocycles. The van der Waals surface area contributed by atoms with Gasteiger partial charge >= 0.3 is 0 Å². The zero-order valence-corrected chi connectivity index (χ0v) is 65.9. The van der Waals surface area contributed by atoms with E-state index >= 15 is 0 Å². The van der Waals surface area contributed by atoms with E-state index in [1.54, 1.807) is 23.1 Å². The highest BCUT2D eigenvalue weighted by Gasteiger charge is 2.28. The number of nitrogens with zero attached hydrogens (tertiary/aromatic N) is 20. The summed E-state index contributed by atoms with van der Waals surface area (Å²) >= 11 is 0. The summed E-state index contributed by atoms with van der Waals surface area (Å²) in [5.41, 5.74) is 17.0. The van der Waals surface area contributed by atoms with E-state index in [-0.39, 0.29) is 36.3 Å². The van der Waals surface area contributed by atoms with Gasteiger partial charge in [0.25, 0.3) is 0 Å². The maximum Gasteiger partial charge on any atom is 0.130 e. The number of anilines is 3. The van der Waals surface area contributed by atoms with Crippen LogP contribution < -0.4 is 20.0 Å². The van der Waals surface area contributed by atoms with Gasteiger partial charge in [0, 0.05) is 218 Å². The third-order valence-electron chi connectivity index (χ3n) is 23.4. The summed E-state index contributed by atoms with van der Waals surface area (Å²) in [5, 5.41) is 45.9. The molecule has 0 saturated carbocycles. The number of pyridine rings is 6. The number of halogens is 6. The number of rotatable bonds is 17. The summed E-state index contributed by atoms with van der Waals surface area (Å²) in [6.45, 7) is 21.3. The Morgan fingerprint density at radius 3 is 0.924 bits per heavy atom. The van der Waals surface area contributed by atoms with Crippen LogP contribution in [0.5, 0.6) is 0 Å². The lowest BCUT2D eigenvalue weighted by molar-refractivity contribution is 0.242. The van der Waals surface area contributed by atoms with Crippen molar-refractivity contribution in [3.63, 3.8) is 0 Å². The van der Waals surface area contributed by atoms with Gasteiger partial charge in [0.15, 0.2) is 0 Å². The third kappa shape index (κ3) is 17.4. The van der Waals surface area contributed by atoms with Gasteiger partial charge in [-0.25, -0.2) is 54.8 Å². The van der Waals surface area contributed by atoms with E-state index < -0.39 is 34.9 Å². The SMILES string of the molecule is CCN1CC=C(c2cc(-c3ccc(N4CCN(Cc5c(F)cccc5F)CC4)nc3)c3c(C#N)cnn3c2)CC1.CCN1CC=C(c2cc(-c3ccc(N4CCN(Cc5c(F)cccc5F)CC4)nc3)c3c(C#N)cnn3c2)CC1.N#Cc1cnn2cc(C3=CCNCC3)cc(-c3ccc(N4CCN(Cc5c(F)cccc5F)CC4)nc3)c12. The molecule has 600 valence electrons. The van der Waals surface area contributed by atoms with Gasteiger partial charge in [-0.15, -0.1) is 0 Å². The van der Waals surface area contributed by atoms with Crippen LogP contribution >= 0.6 is 0 Å². The zero-order chi connectivity index (χ0) is 81.3. The minimum Gasteiger partial charge on any atom is -0.354 e. The highest BCUT2D eigenvalue weighted by Crippen LogP contribution is 2.38. The van der Waals surface area contributed by atoms with Crippen molar-refractivity contribution >= 4 is 50.7 Å². The molecule has 21 nitrogen and oxygen atoms in total. The fourth-order valence-electron chi connectivity index (χ4n) is 16.5. The molecule has 118 heavy (non-hydrogen) atoms. The Kier molecular flexibility index (Phi) is 24.2. The van der Waals surface area contributed by atoms with Crippen LogP contribution in [0.4, 0.5) is 43.8 Å². The molecule has 0 amide bonds. The highest BCUT2D eigenvalue weighted by molar-refractivity contribution is 5.90. The van der Waals surface area contributed by atoms with E-state index in [4.69, 9.17) is 15.0 Å². The molecule has 3 fully saturated rings. The Labute approximate surface area is 681 Å². The van der Waals surface area contributed by atoms with Crippen LogP contribution in [0.15, 0.2) is 183 Å². The third-order valence-corrected chi connectivity index (χ3v) is 23.4. The van der Waals surface area contributed by atoms with Crippen molar-refractivity contribution in [1.82, 2.24) is 73.6 Å². The van der Waals surface area contributed by atoms with Crippen molar-refractivity contribution in [1.29, 1.82) is 15.8 Å². The predicted molar refractivity (Wildman–Crippen MR) is 446 cm³/mol. The van der Waals surface area contributed by atoms with Crippen LogP contribution in [0, 0.1) is 68.9 Å². The number of nitriles is 3. The van der Waals surface area contributed by atoms with Crippen LogP contribution in [0.25, 0.3) is 66.7 Å². The molecule has 0 aliphatic carbocycles. The summed E-state index contributed by atoms with van der Waals surface area (Å²) < 4.78 is 89.9. The first-order chi connectivity index (χ1) is 57.7. The number of fused-ring (bicyclic) bond motifs is 3. The molecule has 18 rings (SSSR count). The number of piperazine rings is 3. The molecule has 3 saturated heterocycles. The molecule has 0 atom stereocenters. The summed E-state index contributed by atoms with van der Waals surface area (Å²) in [7, 11) is 0. The van der Waals surface area contributed by atoms with Crippen LogP contribution in [-0.2, 0) is 19.6 Å². The summed E-state index contributed by atoms with van der Waals surface area (Å²) in [4.78, 5) is 31.9. The minimum atomic E-state index is -0.503. The molecular weight excluding hydrogens is 1500 g/mol. The molecule has 0 unspecified atom stereocenters. The molecule has 12 aromatic rings. The first kappa shape index (κ1) is 79.4. The van der Waals surface area contributed by atoms with Crippen LogP contribution in [0.2, 0.25) is 0 Å². The second-order valence-corrected chi connectivity index (χ2v) is 30.4. The first-order valence-electron chi connectivity index (χ1n) is 40.3. The van der Waals surface area contributed by atoms with Crippen molar-refractivity contribution < 1.29 is 26.3 Å². The van der Waals surface area contributed by atoms with E-state index in [9.17, 15) is 42.1 Å². The van der Waals surface area contributed by atoms with Crippen molar-refractivity contribution in [2.24, 2.45) is 0 Å². The summed E-state index contributed by atoms with van der Waals surface area (Å²) in [5.74, 6) is -0.442. The summed E-state index contributed by atoms with van der Waals surface area (Å²) in [6, 6.07) is 37.4. The van der Waals surface area contributed by atoms with E-state index in [2.05, 4.69) is 128 Å². The number of hydrogen-bond acceptors (Lipinski definition) is 18. The molecule has 9 aromatic heterocycles. The zero-order valence-electron chi connectivity index (χ0n) is 65.9. The fourth-order valence-corrected chi connectivity index (χ4v) is 16.5. The van der Waals surface area contributed by atoms with Gasteiger partial charge in [-0.05, 0) is 163 Å². The van der Waals surface area contributed by atoms with E-state index in [1.807, 2.05) is 82.6 Å². The predicted octanol–water partition coefficient (Wildman–Crippen LogP) is 14.2. The topological polar surface area (TPSA) is 200 Å². The maximum atomic E-state index is 14.1. The number of nitrogens with one attached hydrogen (secondary N) is 1. The van der Waals surface area contributed by atoms with Crippen LogP contribution in [0.3, 0.4) is 0 Å². The molecule has 0 bridgehead atoms. The second kappa shape index (κ2) is 36.0. The molecule has 6 aliphatic heterocycles. The van der Waals surface area contributed by atoms with E-state index in [1.165, 1.54) is 71.3 Å². The quantitative estimate of drug-likeness (QED) is 0.0843. The monoisotopic (exact) mass is 1590 g/mol. The Morgan fingerprint density at radius 2 is 0.669 bits per heavy atom. The first-order valence-corrected chi connectivity index (χ1v) is 40.3. The van der Waals surface area contributed by atoms with E-state index in [0.29, 0.717) is 95.2 Å². The van der Waals surface area contributed by atoms with Gasteiger partial charge in [-0.2, -0.15) is 31.1 Å². The molecule has 0 radical (unpaired) electrons. The smallest absolute Gasteiger partial charge is 0.130 e. The molecule has 27 heteroatoms. The van der Waals surface area contributed by atoms with E-state index in [0.717, 1.165) is 156 Å². The lowest BCUT2D eigenvalue weighted by Crippen LogP contribution is -2.46. The molecular formula is C91H89F6N21. The van der Waals surface area contributed by atoms with Gasteiger partial charge < -0.3 is 20.0 Å². The largest absolute Gasteiger partial charge is 0.354 e. The van der Waals surface area contributed by atoms with Crippen molar-refractivity contribution in [2.45, 2.75) is 52.7 Å². The van der Waals surface area contributed by atoms with Crippen molar-refractivity contribution in [3.8, 4) is 51.6 Å². The molecule has 0 spiro atoms. The lowest BCUT2D eigenvalue weighted by Gasteiger charge is -2.35. The number of likely N-dealkylation sites (N-methyl/N-ethyl adjacent to an activating group) is 2. The Hall–Kier alpha value is -12.4. The average molecular weight is 1590 g/mol. The van der Waals surface area contributed by atoms with Crippen molar-refractivity contribution in [2.75, 3.05) is 146 Å². The van der Waals surface area contributed by atoms with Crippen LogP contribution in [0.1, 0.15) is 83.2 Å². The standard InChI is InChI=1S/2C31H31F2N7.C29H27F2N7/c2*1-2-37-10-8-22(9-11-37)24-16-26(31-25(17-34)19-36-40(31)20-24)23-6-7-30(35-18-23)39-14-12-38(13-15-39)21-27-28(32)4-3-5-29(27)33;30-26-2-1-3-27(31)25(26)19-36-10-12-37(13-11-36)28-5-4-21(16-34-28)24-14-22(20-6-8-33-9-7-20)18-38-29(24)23(15-32)17-35-38/h2*3-8,16,18-20H,2,9-15,21H2,1H3;1-6,14,16-18,33H,7-13,19H2. The molecule has 6 aliphatic rings. The van der Waals surface area contributed by atoms with Gasteiger partial charge in [-0.3, -0.25) is 24.5 Å². The fraction of sp³-hybridized carbons (Fsp3) is 0.308. The van der Waals surface area contributed by atoms with Crippen molar-refractivity contribution in [3.05, 3.63) is 268 Å². The Morgan fingerprint density at radius 1 is 0.356 bits per heavy atom. The second-order valence-electron chi connectivity index (χ2n) is 30.4. The lowest BCUT2D eigenvalue weighted by atomic mass is 9.96. The van der Waals surface area contributed by atoms with Gasteiger partial charge in [0.2, 0.25) is 0 Å². The molecule has 1 N–H and O–H groups in total.